The summed E-state index contributed by atoms with van der Waals surface area (Å²) in [6, 6.07) is 10.5. The van der Waals surface area contributed by atoms with E-state index in [4.69, 9.17) is 4.74 Å². The number of benzene rings is 1. The van der Waals surface area contributed by atoms with Gasteiger partial charge in [-0.3, -0.25) is 9.59 Å². The first-order valence-electron chi connectivity index (χ1n) is 10.1. The summed E-state index contributed by atoms with van der Waals surface area (Å²) in [6.45, 7) is 2.65. The van der Waals surface area contributed by atoms with E-state index in [-0.39, 0.29) is 42.2 Å². The lowest BCUT2D eigenvalue weighted by molar-refractivity contribution is -0.122. The van der Waals surface area contributed by atoms with Crippen LogP contribution < -0.4 is 21.5 Å². The van der Waals surface area contributed by atoms with Crippen molar-refractivity contribution >= 4 is 11.9 Å². The molecule has 30 heavy (non-hydrogen) atoms. The smallest absolute Gasteiger partial charge is 0.317 e. The normalized spacial score (nSPS) is 23.1. The quantitative estimate of drug-likeness (QED) is 0.679. The zero-order valence-electron chi connectivity index (χ0n) is 16.8. The summed E-state index contributed by atoms with van der Waals surface area (Å²) in [7, 11) is 0. The maximum Gasteiger partial charge on any atom is 0.317 e. The molecule has 3 N–H and O–H groups in total. The molecular weight excluding hydrogens is 386 g/mol. The largest absolute Gasteiger partial charge is 0.358 e. The van der Waals surface area contributed by atoms with E-state index in [0.29, 0.717) is 18.8 Å². The number of rotatable bonds is 5. The van der Waals surface area contributed by atoms with Gasteiger partial charge in [0.1, 0.15) is 12.8 Å². The van der Waals surface area contributed by atoms with Crippen molar-refractivity contribution in [3.63, 3.8) is 0 Å². The molecule has 0 radical (unpaired) electrons. The van der Waals surface area contributed by atoms with Crippen molar-refractivity contribution in [2.24, 2.45) is 5.92 Å². The molecule has 2 fully saturated rings. The summed E-state index contributed by atoms with van der Waals surface area (Å²) in [5, 5.41) is 12.7. The van der Waals surface area contributed by atoms with Crippen molar-refractivity contribution in [1.82, 2.24) is 25.7 Å². The van der Waals surface area contributed by atoms with Crippen LogP contribution in [0.25, 0.3) is 0 Å². The molecule has 3 heterocycles. The molecule has 9 nitrogen and oxygen atoms in total. The van der Waals surface area contributed by atoms with Crippen LogP contribution >= 0.6 is 0 Å². The van der Waals surface area contributed by atoms with Gasteiger partial charge in [0.25, 0.3) is 5.56 Å². The fourth-order valence-electron chi connectivity index (χ4n) is 3.94. The Bertz CT molecular complexity index is 988. The number of urea groups is 1. The molecule has 9 heteroatoms. The zero-order chi connectivity index (χ0) is 21.1. The maximum absolute atomic E-state index is 12.2. The lowest BCUT2D eigenvalue weighted by atomic mass is 9.85. The van der Waals surface area contributed by atoms with Crippen molar-refractivity contribution in [2.45, 2.75) is 45.1 Å². The first-order valence-corrected chi connectivity index (χ1v) is 10.1. The molecule has 1 aromatic heterocycles. The van der Waals surface area contributed by atoms with Crippen molar-refractivity contribution in [3.8, 4) is 0 Å². The van der Waals surface area contributed by atoms with E-state index in [9.17, 15) is 14.4 Å². The molecule has 2 saturated heterocycles. The minimum Gasteiger partial charge on any atom is -0.358 e. The van der Waals surface area contributed by atoms with Gasteiger partial charge in [0.05, 0.1) is 11.7 Å². The summed E-state index contributed by atoms with van der Waals surface area (Å²) in [4.78, 5) is 35.9. The van der Waals surface area contributed by atoms with Crippen LogP contribution in [0.5, 0.6) is 0 Å². The lowest BCUT2D eigenvalue weighted by Crippen LogP contribution is -2.58. The summed E-state index contributed by atoms with van der Waals surface area (Å²) in [5.41, 5.74) is 2.30. The van der Waals surface area contributed by atoms with Crippen molar-refractivity contribution in [3.05, 3.63) is 63.6 Å². The number of hydrogen-bond donors (Lipinski definition) is 3. The summed E-state index contributed by atoms with van der Waals surface area (Å²) < 4.78 is 6.86. The van der Waals surface area contributed by atoms with Gasteiger partial charge in [-0.05, 0) is 37.0 Å². The van der Waals surface area contributed by atoms with Crippen LogP contribution in [-0.2, 0) is 22.6 Å². The summed E-state index contributed by atoms with van der Waals surface area (Å²) >= 11 is 0. The molecule has 2 aliphatic heterocycles. The number of carbonyl (C=O) groups excluding carboxylic acids is 2. The van der Waals surface area contributed by atoms with E-state index in [2.05, 4.69) is 21.0 Å². The van der Waals surface area contributed by atoms with Gasteiger partial charge in [-0.2, -0.15) is 5.10 Å². The molecule has 0 aliphatic carbocycles. The summed E-state index contributed by atoms with van der Waals surface area (Å²) in [6.07, 6.45) is 1.69. The van der Waals surface area contributed by atoms with E-state index >= 15 is 0 Å². The molecule has 4 rings (SSSR count). The second-order valence-corrected chi connectivity index (χ2v) is 7.68. The highest BCUT2D eigenvalue weighted by Gasteiger charge is 2.39. The Morgan fingerprint density at radius 3 is 2.80 bits per heavy atom. The maximum atomic E-state index is 12.2. The minimum atomic E-state index is -0.311. The fraction of sp³-hybridized carbons (Fsp3) is 0.429. The van der Waals surface area contributed by atoms with Crippen molar-refractivity contribution in [1.29, 1.82) is 0 Å². The average Bonchev–Trinajstić information content (AvgIpc) is 2.74. The molecule has 0 unspecified atom stereocenters. The first-order chi connectivity index (χ1) is 14.5. The van der Waals surface area contributed by atoms with E-state index in [1.165, 1.54) is 6.07 Å². The third kappa shape index (κ3) is 4.51. The molecule has 3 amide bonds. The summed E-state index contributed by atoms with van der Waals surface area (Å²) in [5.74, 6) is -0.103. The van der Waals surface area contributed by atoms with Gasteiger partial charge in [-0.25, -0.2) is 9.48 Å². The standard InChI is InChI=1S/C21H25N5O4/c1-13-4-9-18(28)26(25-13)12-17(27)22-11-14-5-7-15(8-6-14)19-16-3-2-10-30-20(16)24-21(29)23-19/h4-9,16,19-20H,2-3,10-12H2,1H3,(H,22,27)(H2,23,24,29)/t16-,19-,20-/m0/s1. The molecule has 158 valence electrons. The number of ether oxygens (including phenoxy) is 1. The number of aryl methyl sites for hydroxylation is 1. The highest BCUT2D eigenvalue weighted by molar-refractivity contribution is 5.76. The SMILES string of the molecule is Cc1ccc(=O)n(CC(=O)NCc2ccc([C@@H]3NC(=O)N[C@H]4OCCC[C@H]43)cc2)n1. The van der Waals surface area contributed by atoms with Gasteiger partial charge in [0.2, 0.25) is 5.91 Å². The Morgan fingerprint density at radius 2 is 2.00 bits per heavy atom. The number of fused-ring (bicyclic) bond motifs is 1. The minimum absolute atomic E-state index is 0.105. The van der Waals surface area contributed by atoms with E-state index in [0.717, 1.165) is 28.7 Å². The van der Waals surface area contributed by atoms with Crippen LogP contribution in [0.1, 0.15) is 35.7 Å². The fourth-order valence-corrected chi connectivity index (χ4v) is 3.94. The number of nitrogens with zero attached hydrogens (tertiary/aromatic N) is 2. The molecule has 0 spiro atoms. The highest BCUT2D eigenvalue weighted by Crippen LogP contribution is 2.34. The Kier molecular flexibility index (Phi) is 5.80. The third-order valence-electron chi connectivity index (χ3n) is 5.48. The predicted molar refractivity (Wildman–Crippen MR) is 108 cm³/mol. The van der Waals surface area contributed by atoms with Gasteiger partial charge in [0, 0.05) is 25.1 Å². The first kappa shape index (κ1) is 20.1. The molecule has 0 bridgehead atoms. The topological polar surface area (TPSA) is 114 Å². The number of hydrogen-bond acceptors (Lipinski definition) is 5. The second-order valence-electron chi connectivity index (χ2n) is 7.68. The Morgan fingerprint density at radius 1 is 1.20 bits per heavy atom. The number of carbonyl (C=O) groups is 2. The van der Waals surface area contributed by atoms with Crippen molar-refractivity contribution in [2.75, 3.05) is 6.61 Å². The third-order valence-corrected chi connectivity index (χ3v) is 5.48. The van der Waals surface area contributed by atoms with Crippen LogP contribution in [-0.4, -0.2) is 34.6 Å². The lowest BCUT2D eigenvalue weighted by Gasteiger charge is -2.41. The number of nitrogens with one attached hydrogen (secondary N) is 3. The van der Waals surface area contributed by atoms with Gasteiger partial charge < -0.3 is 20.7 Å². The van der Waals surface area contributed by atoms with E-state index < -0.39 is 0 Å². The molecular formula is C21H25N5O4. The molecule has 0 saturated carbocycles. The van der Waals surface area contributed by atoms with E-state index in [1.54, 1.807) is 13.0 Å². The van der Waals surface area contributed by atoms with Gasteiger partial charge in [-0.15, -0.1) is 0 Å². The number of aromatic nitrogens is 2. The Hall–Kier alpha value is -3.20. The van der Waals surface area contributed by atoms with Gasteiger partial charge in [-0.1, -0.05) is 24.3 Å². The molecule has 2 aliphatic rings. The Labute approximate surface area is 173 Å². The molecule has 3 atom stereocenters. The van der Waals surface area contributed by atoms with Crippen LogP contribution in [0.15, 0.2) is 41.2 Å². The zero-order valence-corrected chi connectivity index (χ0v) is 16.8. The van der Waals surface area contributed by atoms with E-state index in [1.807, 2.05) is 24.3 Å². The highest BCUT2D eigenvalue weighted by atomic mass is 16.5. The molecule has 2 aromatic rings. The van der Waals surface area contributed by atoms with Gasteiger partial charge >= 0.3 is 6.03 Å². The monoisotopic (exact) mass is 411 g/mol. The van der Waals surface area contributed by atoms with Crippen LogP contribution in [0, 0.1) is 12.8 Å². The van der Waals surface area contributed by atoms with Gasteiger partial charge in [0.15, 0.2) is 0 Å². The average molecular weight is 411 g/mol. The number of amides is 3. The predicted octanol–water partition coefficient (Wildman–Crippen LogP) is 0.975. The molecule has 1 aromatic carbocycles. The van der Waals surface area contributed by atoms with Crippen LogP contribution in [0.4, 0.5) is 4.79 Å². The Balaban J connectivity index is 1.36. The van der Waals surface area contributed by atoms with Crippen LogP contribution in [0.2, 0.25) is 0 Å². The van der Waals surface area contributed by atoms with Crippen LogP contribution in [0.3, 0.4) is 0 Å². The van der Waals surface area contributed by atoms with Crippen molar-refractivity contribution < 1.29 is 14.3 Å². The second kappa shape index (κ2) is 8.66.